The molecule has 26 heavy (non-hydrogen) atoms. The maximum absolute atomic E-state index is 13.4. The Balaban J connectivity index is 1.71. The van der Waals surface area contributed by atoms with Gasteiger partial charge >= 0.3 is 0 Å². The average molecular weight is 391 g/mol. The van der Waals surface area contributed by atoms with Crippen LogP contribution in [0.5, 0.6) is 0 Å². The molecule has 138 valence electrons. The zero-order valence-corrected chi connectivity index (χ0v) is 16.6. The molecule has 0 radical (unpaired) electrons. The first kappa shape index (κ1) is 17.7. The summed E-state index contributed by atoms with van der Waals surface area (Å²) in [6, 6.07) is 7.13. The molecule has 3 heterocycles. The maximum Gasteiger partial charge on any atom is 0.243 e. The summed E-state index contributed by atoms with van der Waals surface area (Å²) in [5, 5.41) is 2.05. The van der Waals surface area contributed by atoms with Crippen molar-refractivity contribution in [2.75, 3.05) is 18.0 Å². The number of carbonyl (C=O) groups excluding carboxylic acids is 1. The van der Waals surface area contributed by atoms with E-state index in [1.165, 1.54) is 11.8 Å². The van der Waals surface area contributed by atoms with Gasteiger partial charge in [-0.2, -0.15) is 4.31 Å². The zero-order chi connectivity index (χ0) is 18.5. The van der Waals surface area contributed by atoms with Gasteiger partial charge in [-0.25, -0.2) is 8.42 Å². The largest absolute Gasteiger partial charge is 0.312 e. The molecule has 0 spiro atoms. The summed E-state index contributed by atoms with van der Waals surface area (Å²) in [6.07, 6.45) is 2.22. The molecule has 1 aromatic carbocycles. The van der Waals surface area contributed by atoms with Gasteiger partial charge in [-0.15, -0.1) is 11.3 Å². The Bertz CT molecular complexity index is 965. The van der Waals surface area contributed by atoms with Crippen LogP contribution in [0.1, 0.15) is 42.3 Å². The summed E-state index contributed by atoms with van der Waals surface area (Å²) in [4.78, 5) is 15.1. The van der Waals surface area contributed by atoms with E-state index in [0.29, 0.717) is 24.4 Å². The van der Waals surface area contributed by atoms with E-state index in [1.807, 2.05) is 6.92 Å². The molecule has 1 unspecified atom stereocenters. The van der Waals surface area contributed by atoms with Crippen molar-refractivity contribution in [3.63, 3.8) is 0 Å². The first-order valence-electron chi connectivity index (χ1n) is 8.92. The number of fused-ring (bicyclic) bond motifs is 2. The Hall–Kier alpha value is -1.70. The second kappa shape index (κ2) is 6.48. The summed E-state index contributed by atoms with van der Waals surface area (Å²) >= 11 is 1.71. The third-order valence-corrected chi connectivity index (χ3v) is 8.27. The van der Waals surface area contributed by atoms with E-state index >= 15 is 0 Å². The van der Waals surface area contributed by atoms with Gasteiger partial charge in [0.2, 0.25) is 15.9 Å². The number of hydrogen-bond donors (Lipinski definition) is 0. The van der Waals surface area contributed by atoms with Crippen LogP contribution in [-0.4, -0.2) is 31.7 Å². The van der Waals surface area contributed by atoms with E-state index in [4.69, 9.17) is 0 Å². The predicted octanol–water partition coefficient (Wildman–Crippen LogP) is 3.36. The fourth-order valence-corrected chi connectivity index (χ4v) is 6.75. The van der Waals surface area contributed by atoms with Gasteiger partial charge in [0.05, 0.1) is 10.9 Å². The van der Waals surface area contributed by atoms with Gasteiger partial charge < -0.3 is 4.90 Å². The minimum Gasteiger partial charge on any atom is -0.312 e. The number of carbonyl (C=O) groups is 1. The average Bonchev–Trinajstić information content (AvgIpc) is 3.26. The molecule has 1 aromatic heterocycles. The Morgan fingerprint density at radius 1 is 1.23 bits per heavy atom. The molecular weight excluding hydrogens is 368 g/mol. The molecule has 0 aliphatic carbocycles. The highest BCUT2D eigenvalue weighted by molar-refractivity contribution is 7.89. The van der Waals surface area contributed by atoms with Gasteiger partial charge in [0.25, 0.3) is 0 Å². The Morgan fingerprint density at radius 2 is 2.04 bits per heavy atom. The van der Waals surface area contributed by atoms with E-state index in [2.05, 4.69) is 11.4 Å². The number of thiophene rings is 1. The lowest BCUT2D eigenvalue weighted by atomic mass is 10.0. The molecule has 0 saturated heterocycles. The van der Waals surface area contributed by atoms with Gasteiger partial charge in [-0.05, 0) is 60.0 Å². The lowest BCUT2D eigenvalue weighted by molar-refractivity contribution is -0.116. The highest BCUT2D eigenvalue weighted by atomic mass is 32.2. The van der Waals surface area contributed by atoms with Gasteiger partial charge in [0, 0.05) is 30.6 Å². The van der Waals surface area contributed by atoms with E-state index in [-0.39, 0.29) is 11.9 Å². The quantitative estimate of drug-likeness (QED) is 0.807. The lowest BCUT2D eigenvalue weighted by Crippen LogP contribution is -2.39. The third-order valence-electron chi connectivity index (χ3n) is 5.37. The third kappa shape index (κ3) is 2.69. The molecule has 4 rings (SSSR count). The van der Waals surface area contributed by atoms with Gasteiger partial charge in [0.15, 0.2) is 0 Å². The number of sulfonamides is 1. The van der Waals surface area contributed by atoms with Crippen LogP contribution >= 0.6 is 11.3 Å². The molecule has 0 N–H and O–H groups in total. The van der Waals surface area contributed by atoms with Crippen LogP contribution in [0.4, 0.5) is 5.69 Å². The summed E-state index contributed by atoms with van der Waals surface area (Å²) in [7, 11) is -3.57. The van der Waals surface area contributed by atoms with Gasteiger partial charge in [0.1, 0.15) is 0 Å². The topological polar surface area (TPSA) is 57.7 Å². The number of rotatable bonds is 3. The summed E-state index contributed by atoms with van der Waals surface area (Å²) in [6.45, 7) is 4.71. The van der Waals surface area contributed by atoms with E-state index in [1.54, 1.807) is 38.7 Å². The van der Waals surface area contributed by atoms with Crippen LogP contribution in [0, 0.1) is 0 Å². The zero-order valence-electron chi connectivity index (χ0n) is 14.9. The van der Waals surface area contributed by atoms with Crippen molar-refractivity contribution in [1.82, 2.24) is 4.31 Å². The summed E-state index contributed by atoms with van der Waals surface area (Å²) in [5.41, 5.74) is 2.92. The summed E-state index contributed by atoms with van der Waals surface area (Å²) in [5.74, 6) is -0.00794. The molecule has 0 saturated carbocycles. The number of nitrogens with zero attached hydrogens (tertiary/aromatic N) is 2. The smallest absolute Gasteiger partial charge is 0.243 e. The molecule has 7 heteroatoms. The van der Waals surface area contributed by atoms with Gasteiger partial charge in [-0.3, -0.25) is 4.79 Å². The number of amides is 1. The van der Waals surface area contributed by atoms with E-state index in [9.17, 15) is 13.2 Å². The van der Waals surface area contributed by atoms with Crippen LogP contribution in [0.15, 0.2) is 34.5 Å². The Labute approximate surface area is 158 Å². The predicted molar refractivity (Wildman–Crippen MR) is 103 cm³/mol. The minimum absolute atomic E-state index is 0.00794. The molecule has 1 atom stereocenters. The second-order valence-electron chi connectivity index (χ2n) is 6.80. The molecule has 2 aromatic rings. The monoisotopic (exact) mass is 390 g/mol. The second-order valence-corrected chi connectivity index (χ2v) is 9.69. The first-order valence-corrected chi connectivity index (χ1v) is 11.2. The number of hydrogen-bond acceptors (Lipinski definition) is 4. The van der Waals surface area contributed by atoms with Crippen molar-refractivity contribution < 1.29 is 13.2 Å². The Morgan fingerprint density at radius 3 is 2.77 bits per heavy atom. The minimum atomic E-state index is -3.57. The fourth-order valence-electron chi connectivity index (χ4n) is 4.09. The van der Waals surface area contributed by atoms with Crippen molar-refractivity contribution in [1.29, 1.82) is 0 Å². The van der Waals surface area contributed by atoms with Crippen molar-refractivity contribution >= 4 is 33.0 Å². The molecule has 2 aliphatic rings. The van der Waals surface area contributed by atoms with Gasteiger partial charge in [-0.1, -0.05) is 6.92 Å². The number of anilines is 1. The van der Waals surface area contributed by atoms with Crippen LogP contribution in [0.2, 0.25) is 0 Å². The normalized spacial score (nSPS) is 20.1. The van der Waals surface area contributed by atoms with Crippen LogP contribution < -0.4 is 4.90 Å². The summed E-state index contributed by atoms with van der Waals surface area (Å²) < 4.78 is 28.4. The van der Waals surface area contributed by atoms with Crippen molar-refractivity contribution in [3.8, 4) is 0 Å². The van der Waals surface area contributed by atoms with Crippen molar-refractivity contribution in [2.45, 2.75) is 44.0 Å². The standard InChI is InChI=1S/C19H22N2O3S2/c1-3-17-16-8-11-25-19(16)7-10-21(17)26(23,24)15-4-5-18-14(12-15)6-9-20(18)13(2)22/h4-5,8,11-12,17H,3,6-7,9-10H2,1-2H3. The van der Waals surface area contributed by atoms with Crippen molar-refractivity contribution in [2.24, 2.45) is 0 Å². The molecule has 0 fully saturated rings. The molecular formula is C19H22N2O3S2. The fraction of sp³-hybridized carbons (Fsp3) is 0.421. The first-order chi connectivity index (χ1) is 12.4. The lowest BCUT2D eigenvalue weighted by Gasteiger charge is -2.34. The molecule has 2 aliphatic heterocycles. The SMILES string of the molecule is CCC1c2ccsc2CCN1S(=O)(=O)c1ccc2c(c1)CCN2C(C)=O. The van der Waals surface area contributed by atoms with E-state index in [0.717, 1.165) is 29.7 Å². The molecule has 1 amide bonds. The molecule has 5 nitrogen and oxygen atoms in total. The van der Waals surface area contributed by atoms with Crippen LogP contribution in [0.3, 0.4) is 0 Å². The van der Waals surface area contributed by atoms with Crippen molar-refractivity contribution in [3.05, 3.63) is 45.6 Å². The number of benzene rings is 1. The highest BCUT2D eigenvalue weighted by Gasteiger charge is 2.36. The van der Waals surface area contributed by atoms with E-state index < -0.39 is 10.0 Å². The van der Waals surface area contributed by atoms with Crippen LogP contribution in [0.25, 0.3) is 0 Å². The maximum atomic E-state index is 13.4. The molecule has 0 bridgehead atoms. The highest BCUT2D eigenvalue weighted by Crippen LogP contribution is 2.39. The Kier molecular flexibility index (Phi) is 4.41. The van der Waals surface area contributed by atoms with Crippen LogP contribution in [-0.2, 0) is 27.7 Å².